The van der Waals surface area contributed by atoms with Crippen LogP contribution in [0.4, 0.5) is 17.1 Å². The van der Waals surface area contributed by atoms with E-state index in [0.717, 1.165) is 99.9 Å². The number of rotatable bonds is 6. The standard InChI is InChI=1S/C49H30N2O3/c1-3-10-33(11-4-1)49-50-42-27-29-45-46(48(42)54-49)41-30-34(22-28-44(41)52-45)31-18-23-36(24-19-31)51(35-12-5-2-6-13-35)37-25-20-32(21-26-37)38-15-9-16-40-39-14-7-8-17-43(39)53-47(38)40/h1-30H. The summed E-state index contributed by atoms with van der Waals surface area (Å²) in [6, 6.07) is 62.8. The van der Waals surface area contributed by atoms with E-state index in [1.165, 1.54) is 0 Å². The molecule has 0 aliphatic heterocycles. The minimum Gasteiger partial charge on any atom is -0.456 e. The molecular weight excluding hydrogens is 665 g/mol. The average Bonchev–Trinajstić information content (AvgIpc) is 3.95. The molecule has 0 aliphatic carbocycles. The lowest BCUT2D eigenvalue weighted by molar-refractivity contribution is 0.622. The van der Waals surface area contributed by atoms with Gasteiger partial charge in [0.1, 0.15) is 27.8 Å². The van der Waals surface area contributed by atoms with Crippen molar-refractivity contribution in [2.45, 2.75) is 0 Å². The Morgan fingerprint density at radius 2 is 1.00 bits per heavy atom. The highest BCUT2D eigenvalue weighted by atomic mass is 16.4. The number of furan rings is 2. The van der Waals surface area contributed by atoms with Crippen molar-refractivity contribution >= 4 is 72.0 Å². The van der Waals surface area contributed by atoms with Crippen molar-refractivity contribution in [3.8, 4) is 33.7 Å². The zero-order valence-electron chi connectivity index (χ0n) is 28.9. The van der Waals surface area contributed by atoms with Gasteiger partial charge in [0, 0.05) is 44.3 Å². The summed E-state index contributed by atoms with van der Waals surface area (Å²) in [5, 5.41) is 4.19. The Kier molecular flexibility index (Phi) is 6.79. The summed E-state index contributed by atoms with van der Waals surface area (Å²) in [6.45, 7) is 0. The Bertz CT molecular complexity index is 3140. The fourth-order valence-electron chi connectivity index (χ4n) is 7.72. The molecule has 0 saturated heterocycles. The molecule has 54 heavy (non-hydrogen) atoms. The third kappa shape index (κ3) is 4.90. The molecule has 0 radical (unpaired) electrons. The van der Waals surface area contributed by atoms with Gasteiger partial charge < -0.3 is 18.2 Å². The van der Waals surface area contributed by atoms with Crippen molar-refractivity contribution in [3.63, 3.8) is 0 Å². The third-order valence-corrected chi connectivity index (χ3v) is 10.3. The zero-order valence-corrected chi connectivity index (χ0v) is 28.9. The Morgan fingerprint density at radius 3 is 1.80 bits per heavy atom. The van der Waals surface area contributed by atoms with Gasteiger partial charge in [-0.1, -0.05) is 103 Å². The molecule has 0 fully saturated rings. The van der Waals surface area contributed by atoms with Crippen LogP contribution < -0.4 is 4.90 Å². The number of fused-ring (bicyclic) bond motifs is 8. The zero-order chi connectivity index (χ0) is 35.6. The van der Waals surface area contributed by atoms with Crippen LogP contribution in [-0.2, 0) is 0 Å². The normalized spacial score (nSPS) is 11.7. The molecule has 0 spiro atoms. The molecule has 3 heterocycles. The van der Waals surface area contributed by atoms with Gasteiger partial charge in [0.25, 0.3) is 0 Å². The van der Waals surface area contributed by atoms with E-state index in [2.05, 4.69) is 120 Å². The van der Waals surface area contributed by atoms with Gasteiger partial charge >= 0.3 is 0 Å². The molecule has 0 bridgehead atoms. The highest BCUT2D eigenvalue weighted by Gasteiger charge is 2.19. The molecule has 5 heteroatoms. The minimum atomic E-state index is 0.598. The maximum atomic E-state index is 6.39. The number of nitrogens with zero attached hydrogens (tertiary/aromatic N) is 2. The van der Waals surface area contributed by atoms with Gasteiger partial charge in [-0.05, 0) is 95.6 Å². The van der Waals surface area contributed by atoms with Crippen LogP contribution in [0.2, 0.25) is 0 Å². The summed E-state index contributed by atoms with van der Waals surface area (Å²) < 4.78 is 19.0. The van der Waals surface area contributed by atoms with Crippen LogP contribution in [0.15, 0.2) is 195 Å². The smallest absolute Gasteiger partial charge is 0.227 e. The second-order valence-electron chi connectivity index (χ2n) is 13.5. The first kappa shape index (κ1) is 30.3. The van der Waals surface area contributed by atoms with E-state index < -0.39 is 0 Å². The molecular formula is C49H30N2O3. The van der Waals surface area contributed by atoms with Gasteiger partial charge in [0.15, 0.2) is 5.58 Å². The van der Waals surface area contributed by atoms with Crippen LogP contribution in [0, 0.1) is 0 Å². The van der Waals surface area contributed by atoms with Crippen LogP contribution in [0.3, 0.4) is 0 Å². The molecule has 3 aromatic heterocycles. The summed E-state index contributed by atoms with van der Waals surface area (Å²) >= 11 is 0. The summed E-state index contributed by atoms with van der Waals surface area (Å²) in [6.07, 6.45) is 0. The highest BCUT2D eigenvalue weighted by Crippen LogP contribution is 2.41. The van der Waals surface area contributed by atoms with Gasteiger partial charge in [0.05, 0.1) is 5.39 Å². The van der Waals surface area contributed by atoms with E-state index in [1.807, 2.05) is 66.7 Å². The lowest BCUT2D eigenvalue weighted by Gasteiger charge is -2.26. The fraction of sp³-hybridized carbons (Fsp3) is 0. The molecule has 0 atom stereocenters. The van der Waals surface area contributed by atoms with E-state index in [-0.39, 0.29) is 0 Å². The number of hydrogen-bond donors (Lipinski definition) is 0. The van der Waals surface area contributed by atoms with E-state index in [1.54, 1.807) is 0 Å². The predicted molar refractivity (Wildman–Crippen MR) is 220 cm³/mol. The SMILES string of the molecule is c1ccc(-c2nc3ccc4oc5ccc(-c6ccc(N(c7ccccc7)c7ccc(-c8cccc9c8oc8ccccc89)cc7)cc6)cc5c4c3o2)cc1. The van der Waals surface area contributed by atoms with Crippen molar-refractivity contribution in [2.24, 2.45) is 0 Å². The molecule has 0 aliphatic rings. The van der Waals surface area contributed by atoms with Gasteiger partial charge in [-0.2, -0.15) is 0 Å². The van der Waals surface area contributed by atoms with Gasteiger partial charge in [-0.25, -0.2) is 4.98 Å². The van der Waals surface area contributed by atoms with Crippen molar-refractivity contribution < 1.29 is 13.3 Å². The summed E-state index contributed by atoms with van der Waals surface area (Å²) in [7, 11) is 0. The second-order valence-corrected chi connectivity index (χ2v) is 13.5. The predicted octanol–water partition coefficient (Wildman–Crippen LogP) is 14.1. The fourth-order valence-corrected chi connectivity index (χ4v) is 7.72. The summed E-state index contributed by atoms with van der Waals surface area (Å²) in [4.78, 5) is 7.08. The van der Waals surface area contributed by atoms with Crippen LogP contribution in [0.5, 0.6) is 0 Å². The number of hydrogen-bond acceptors (Lipinski definition) is 5. The molecule has 0 amide bonds. The molecule has 0 saturated carbocycles. The molecule has 5 nitrogen and oxygen atoms in total. The average molecular weight is 695 g/mol. The van der Waals surface area contributed by atoms with E-state index in [4.69, 9.17) is 18.2 Å². The molecule has 11 rings (SSSR count). The molecule has 0 N–H and O–H groups in total. The number of benzene rings is 8. The number of para-hydroxylation sites is 3. The minimum absolute atomic E-state index is 0.598. The number of aromatic nitrogens is 1. The van der Waals surface area contributed by atoms with Crippen LogP contribution in [-0.4, -0.2) is 4.98 Å². The quantitative estimate of drug-likeness (QED) is 0.173. The first-order valence-electron chi connectivity index (χ1n) is 18.0. The lowest BCUT2D eigenvalue weighted by Crippen LogP contribution is -2.09. The van der Waals surface area contributed by atoms with E-state index in [0.29, 0.717) is 5.89 Å². The Hall–Kier alpha value is -7.37. The second kappa shape index (κ2) is 12.1. The topological polar surface area (TPSA) is 55.6 Å². The maximum Gasteiger partial charge on any atom is 0.227 e. The summed E-state index contributed by atoms with van der Waals surface area (Å²) in [5.74, 6) is 0.598. The van der Waals surface area contributed by atoms with Gasteiger partial charge in [-0.3, -0.25) is 0 Å². The van der Waals surface area contributed by atoms with Gasteiger partial charge in [-0.15, -0.1) is 0 Å². The van der Waals surface area contributed by atoms with Crippen LogP contribution in [0.25, 0.3) is 88.7 Å². The Labute approximate surface area is 309 Å². The van der Waals surface area contributed by atoms with Crippen LogP contribution >= 0.6 is 0 Å². The first-order chi connectivity index (χ1) is 26.7. The molecule has 0 unspecified atom stereocenters. The summed E-state index contributed by atoms with van der Waals surface area (Å²) in [5.41, 5.74) is 13.5. The third-order valence-electron chi connectivity index (χ3n) is 10.3. The Balaban J connectivity index is 0.958. The van der Waals surface area contributed by atoms with Gasteiger partial charge in [0.2, 0.25) is 5.89 Å². The van der Waals surface area contributed by atoms with Crippen LogP contribution in [0.1, 0.15) is 0 Å². The molecule has 254 valence electrons. The van der Waals surface area contributed by atoms with E-state index in [9.17, 15) is 0 Å². The van der Waals surface area contributed by atoms with E-state index >= 15 is 0 Å². The monoisotopic (exact) mass is 694 g/mol. The van der Waals surface area contributed by atoms with Crippen molar-refractivity contribution in [3.05, 3.63) is 182 Å². The van der Waals surface area contributed by atoms with Crippen molar-refractivity contribution in [2.75, 3.05) is 4.90 Å². The number of oxazole rings is 1. The van der Waals surface area contributed by atoms with Crippen molar-refractivity contribution in [1.82, 2.24) is 4.98 Å². The first-order valence-corrected chi connectivity index (χ1v) is 18.0. The van der Waals surface area contributed by atoms with Crippen molar-refractivity contribution in [1.29, 1.82) is 0 Å². The Morgan fingerprint density at radius 1 is 0.370 bits per heavy atom. The molecule has 11 aromatic rings. The lowest BCUT2D eigenvalue weighted by atomic mass is 10.0. The number of anilines is 3. The highest BCUT2D eigenvalue weighted by molar-refractivity contribution is 6.17. The maximum absolute atomic E-state index is 6.39. The largest absolute Gasteiger partial charge is 0.456 e. The molecule has 8 aromatic carbocycles.